The highest BCUT2D eigenvalue weighted by Crippen LogP contribution is 2.21. The zero-order valence-electron chi connectivity index (χ0n) is 9.92. The fraction of sp³-hybridized carbons (Fsp3) is 0.0714. The molecule has 19 heavy (non-hydrogen) atoms. The average Bonchev–Trinajstić information content (AvgIpc) is 2.87. The maximum Gasteiger partial charge on any atom is 0.213 e. The highest BCUT2D eigenvalue weighted by atomic mass is 35.5. The molecule has 3 aromatic rings. The van der Waals surface area contributed by atoms with Gasteiger partial charge in [0, 0.05) is 23.3 Å². The van der Waals surface area contributed by atoms with E-state index in [1.807, 2.05) is 36.4 Å². The summed E-state index contributed by atoms with van der Waals surface area (Å²) in [6, 6.07) is 11.8. The van der Waals surface area contributed by atoms with Crippen LogP contribution >= 0.6 is 11.6 Å². The van der Waals surface area contributed by atoms with Crippen molar-refractivity contribution in [1.29, 1.82) is 5.26 Å². The summed E-state index contributed by atoms with van der Waals surface area (Å²) in [7, 11) is 0. The van der Waals surface area contributed by atoms with Gasteiger partial charge in [0.25, 0.3) is 0 Å². The number of rotatable bonds is 2. The number of para-hydroxylation sites is 1. The maximum atomic E-state index is 8.94. The number of benzene rings is 1. The molecule has 2 heterocycles. The average molecular weight is 269 g/mol. The second-order valence-electron chi connectivity index (χ2n) is 4.12. The summed E-state index contributed by atoms with van der Waals surface area (Å²) in [6.45, 7) is 0.486. The van der Waals surface area contributed by atoms with E-state index in [1.54, 1.807) is 17.0 Å². The first-order chi connectivity index (χ1) is 9.28. The number of nitriles is 1. The van der Waals surface area contributed by atoms with Crippen LogP contribution in [-0.2, 0) is 6.54 Å². The lowest BCUT2D eigenvalue weighted by Gasteiger charge is -2.07. The summed E-state index contributed by atoms with van der Waals surface area (Å²) in [5, 5.41) is 10.4. The topological polar surface area (TPSA) is 54.5 Å². The third kappa shape index (κ3) is 2.16. The molecule has 0 aliphatic carbocycles. The predicted octanol–water partition coefficient (Wildman–Crippen LogP) is 3.00. The molecule has 0 N–H and O–H groups in total. The number of hydrogen-bond donors (Lipinski definition) is 0. The highest BCUT2D eigenvalue weighted by Gasteiger charge is 2.08. The van der Waals surface area contributed by atoms with E-state index in [-0.39, 0.29) is 0 Å². The number of aromatic nitrogens is 3. The molecule has 0 unspecified atom stereocenters. The van der Waals surface area contributed by atoms with Crippen LogP contribution in [-0.4, -0.2) is 14.5 Å². The van der Waals surface area contributed by atoms with E-state index in [9.17, 15) is 0 Å². The van der Waals surface area contributed by atoms with Gasteiger partial charge >= 0.3 is 0 Å². The van der Waals surface area contributed by atoms with E-state index in [2.05, 4.69) is 9.97 Å². The number of nitrogens with zero attached hydrogens (tertiary/aromatic N) is 4. The Hall–Kier alpha value is -2.38. The molecular formula is C14H9ClN4. The van der Waals surface area contributed by atoms with Crippen molar-refractivity contribution in [3.63, 3.8) is 0 Å². The second kappa shape index (κ2) is 4.71. The van der Waals surface area contributed by atoms with Crippen LogP contribution in [0.1, 0.15) is 11.4 Å². The number of fused-ring (bicyclic) bond motifs is 1. The maximum absolute atomic E-state index is 8.94. The van der Waals surface area contributed by atoms with Gasteiger partial charge in [0.2, 0.25) is 5.82 Å². The molecule has 0 atom stereocenters. The second-order valence-corrected chi connectivity index (χ2v) is 4.48. The molecule has 1 aromatic carbocycles. The van der Waals surface area contributed by atoms with Gasteiger partial charge in [-0.2, -0.15) is 5.26 Å². The van der Waals surface area contributed by atoms with Crippen LogP contribution in [0, 0.1) is 11.3 Å². The van der Waals surface area contributed by atoms with E-state index < -0.39 is 0 Å². The van der Waals surface area contributed by atoms with Gasteiger partial charge in [0.1, 0.15) is 11.2 Å². The largest absolute Gasteiger partial charge is 0.318 e. The van der Waals surface area contributed by atoms with Crippen LogP contribution in [0.2, 0.25) is 5.15 Å². The molecular weight excluding hydrogens is 260 g/mol. The third-order valence-electron chi connectivity index (χ3n) is 2.91. The molecule has 0 saturated heterocycles. The fourth-order valence-electron chi connectivity index (χ4n) is 1.98. The first kappa shape index (κ1) is 11.7. The molecule has 5 heteroatoms. The predicted molar refractivity (Wildman–Crippen MR) is 72.8 cm³/mol. The summed E-state index contributed by atoms with van der Waals surface area (Å²) in [6.07, 6.45) is 3.35. The van der Waals surface area contributed by atoms with Crippen LogP contribution in [0.25, 0.3) is 10.9 Å². The molecule has 92 valence electrons. The molecule has 0 bridgehead atoms. The summed E-state index contributed by atoms with van der Waals surface area (Å²) < 4.78 is 1.75. The molecule has 0 aliphatic rings. The van der Waals surface area contributed by atoms with Crippen molar-refractivity contribution in [2.24, 2.45) is 0 Å². The van der Waals surface area contributed by atoms with Crippen molar-refractivity contribution < 1.29 is 0 Å². The molecule has 0 saturated carbocycles. The van der Waals surface area contributed by atoms with Gasteiger partial charge in [0.15, 0.2) is 0 Å². The molecule has 2 aromatic heterocycles. The van der Waals surface area contributed by atoms with Crippen LogP contribution in [0.5, 0.6) is 0 Å². The van der Waals surface area contributed by atoms with Crippen molar-refractivity contribution in [3.05, 3.63) is 59.3 Å². The Labute approximate surface area is 114 Å². The van der Waals surface area contributed by atoms with Crippen molar-refractivity contribution in [1.82, 2.24) is 14.5 Å². The van der Waals surface area contributed by atoms with Crippen LogP contribution < -0.4 is 0 Å². The minimum absolute atomic E-state index is 0.365. The van der Waals surface area contributed by atoms with Gasteiger partial charge in [-0.3, -0.25) is 0 Å². The first-order valence-corrected chi connectivity index (χ1v) is 6.11. The lowest BCUT2D eigenvalue weighted by atomic mass is 10.1. The van der Waals surface area contributed by atoms with Gasteiger partial charge in [-0.1, -0.05) is 29.8 Å². The standard InChI is InChI=1S/C14H9ClN4/c15-14-11(9-19-6-5-17-13(19)8-16)7-10-3-1-2-4-12(10)18-14/h1-7H,9H2. The van der Waals surface area contributed by atoms with Crippen LogP contribution in [0.4, 0.5) is 0 Å². The number of hydrogen-bond acceptors (Lipinski definition) is 3. The van der Waals surface area contributed by atoms with Gasteiger partial charge in [0.05, 0.1) is 12.1 Å². The number of halogens is 1. The van der Waals surface area contributed by atoms with Gasteiger partial charge < -0.3 is 4.57 Å². The lowest BCUT2D eigenvalue weighted by Crippen LogP contribution is -2.03. The molecule has 0 fully saturated rings. The molecule has 3 rings (SSSR count). The van der Waals surface area contributed by atoms with Gasteiger partial charge in [-0.15, -0.1) is 0 Å². The Morgan fingerprint density at radius 2 is 2.16 bits per heavy atom. The highest BCUT2D eigenvalue weighted by molar-refractivity contribution is 6.30. The fourth-order valence-corrected chi connectivity index (χ4v) is 2.19. The number of pyridine rings is 1. The van der Waals surface area contributed by atoms with E-state index in [1.165, 1.54) is 0 Å². The van der Waals surface area contributed by atoms with E-state index >= 15 is 0 Å². The van der Waals surface area contributed by atoms with E-state index in [0.29, 0.717) is 17.5 Å². The van der Waals surface area contributed by atoms with Gasteiger partial charge in [-0.25, -0.2) is 9.97 Å². The minimum Gasteiger partial charge on any atom is -0.318 e. The molecule has 0 aliphatic heterocycles. The van der Waals surface area contributed by atoms with Crippen molar-refractivity contribution in [2.45, 2.75) is 6.54 Å². The Bertz CT molecular complexity index is 785. The summed E-state index contributed by atoms with van der Waals surface area (Å²) in [4.78, 5) is 8.32. The van der Waals surface area contributed by atoms with Crippen LogP contribution in [0.15, 0.2) is 42.7 Å². The number of imidazole rings is 1. The first-order valence-electron chi connectivity index (χ1n) is 5.73. The van der Waals surface area contributed by atoms with E-state index in [4.69, 9.17) is 16.9 Å². The van der Waals surface area contributed by atoms with E-state index in [0.717, 1.165) is 16.5 Å². The molecule has 0 spiro atoms. The molecule has 0 radical (unpaired) electrons. The zero-order chi connectivity index (χ0) is 13.2. The summed E-state index contributed by atoms with van der Waals surface area (Å²) in [5.41, 5.74) is 1.73. The normalized spacial score (nSPS) is 10.5. The summed E-state index contributed by atoms with van der Waals surface area (Å²) >= 11 is 6.19. The minimum atomic E-state index is 0.365. The molecule has 4 nitrogen and oxygen atoms in total. The van der Waals surface area contributed by atoms with Crippen molar-refractivity contribution in [2.75, 3.05) is 0 Å². The monoisotopic (exact) mass is 268 g/mol. The Balaban J connectivity index is 2.06. The van der Waals surface area contributed by atoms with Crippen molar-refractivity contribution in [3.8, 4) is 6.07 Å². The zero-order valence-corrected chi connectivity index (χ0v) is 10.7. The quantitative estimate of drug-likeness (QED) is 0.672. The Morgan fingerprint density at radius 1 is 1.32 bits per heavy atom. The Kier molecular flexibility index (Phi) is 2.90. The molecule has 0 amide bonds. The summed E-state index contributed by atoms with van der Waals surface area (Å²) in [5.74, 6) is 0.365. The smallest absolute Gasteiger partial charge is 0.213 e. The third-order valence-corrected chi connectivity index (χ3v) is 3.23. The van der Waals surface area contributed by atoms with Crippen LogP contribution in [0.3, 0.4) is 0 Å². The lowest BCUT2D eigenvalue weighted by molar-refractivity contribution is 0.780. The van der Waals surface area contributed by atoms with Crippen molar-refractivity contribution >= 4 is 22.5 Å². The Morgan fingerprint density at radius 3 is 3.00 bits per heavy atom. The SMILES string of the molecule is N#Cc1nccn1Cc1cc2ccccc2nc1Cl. The van der Waals surface area contributed by atoms with Gasteiger partial charge in [-0.05, 0) is 12.1 Å².